The fourth-order valence-corrected chi connectivity index (χ4v) is 4.27. The van der Waals surface area contributed by atoms with E-state index >= 15 is 0 Å². The van der Waals surface area contributed by atoms with Gasteiger partial charge < -0.3 is 15.0 Å². The largest absolute Gasteiger partial charge is 0.493 e. The van der Waals surface area contributed by atoms with Gasteiger partial charge in [-0.1, -0.05) is 18.2 Å². The maximum atomic E-state index is 14.9. The SMILES string of the molecule is [B]C1(N2Cc3cc(CNC(=O)C(F)(F)c4c(F)cccc4OCC)ccc3C2=O)CCC(=O)NC1=O. The van der Waals surface area contributed by atoms with Crippen LogP contribution in [0.25, 0.3) is 0 Å². The van der Waals surface area contributed by atoms with E-state index in [1.54, 1.807) is 6.92 Å². The van der Waals surface area contributed by atoms with Crippen LogP contribution in [-0.4, -0.2) is 48.4 Å². The number of rotatable bonds is 7. The molecule has 12 heteroatoms. The Balaban J connectivity index is 1.49. The standard InChI is InChI=1S/C24H21BF3N3O5/c1-2-36-17-5-3-4-16(26)19(17)24(27,28)22(35)29-11-13-6-7-15-14(10-13)12-31(20(15)33)23(25)9-8-18(32)30-21(23)34/h3-7,10H,2,8-9,11-12H2,1H3,(H,29,35)(H,30,32,34). The first-order valence-electron chi connectivity index (χ1n) is 11.1. The van der Waals surface area contributed by atoms with Crippen molar-refractivity contribution in [3.63, 3.8) is 0 Å². The fraction of sp³-hybridized carbons (Fsp3) is 0.333. The van der Waals surface area contributed by atoms with Crippen molar-refractivity contribution in [2.45, 2.75) is 44.2 Å². The van der Waals surface area contributed by atoms with Crippen molar-refractivity contribution in [3.05, 3.63) is 64.5 Å². The van der Waals surface area contributed by atoms with Crippen LogP contribution in [0.3, 0.4) is 0 Å². The molecule has 1 fully saturated rings. The van der Waals surface area contributed by atoms with E-state index in [1.807, 2.05) is 0 Å². The molecule has 0 aliphatic carbocycles. The van der Waals surface area contributed by atoms with Gasteiger partial charge in [0.05, 0.1) is 12.0 Å². The summed E-state index contributed by atoms with van der Waals surface area (Å²) >= 11 is 0. The molecule has 2 radical (unpaired) electrons. The van der Waals surface area contributed by atoms with Crippen LogP contribution in [0.2, 0.25) is 0 Å². The van der Waals surface area contributed by atoms with Gasteiger partial charge in [0.25, 0.3) is 11.8 Å². The smallest absolute Gasteiger partial charge is 0.356 e. The second-order valence-electron chi connectivity index (χ2n) is 8.49. The lowest BCUT2D eigenvalue weighted by Crippen LogP contribution is -2.63. The summed E-state index contributed by atoms with van der Waals surface area (Å²) in [7, 11) is 6.19. The Labute approximate surface area is 205 Å². The van der Waals surface area contributed by atoms with E-state index in [0.717, 1.165) is 17.0 Å². The number of benzene rings is 2. The van der Waals surface area contributed by atoms with E-state index in [9.17, 15) is 32.3 Å². The van der Waals surface area contributed by atoms with Gasteiger partial charge in [-0.25, -0.2) is 4.39 Å². The van der Waals surface area contributed by atoms with Gasteiger partial charge in [0.1, 0.15) is 25.0 Å². The highest BCUT2D eigenvalue weighted by Crippen LogP contribution is 2.38. The van der Waals surface area contributed by atoms with Crippen LogP contribution in [-0.2, 0) is 33.4 Å². The van der Waals surface area contributed by atoms with Crippen molar-refractivity contribution < 1.29 is 37.1 Å². The van der Waals surface area contributed by atoms with Crippen molar-refractivity contribution in [3.8, 4) is 5.75 Å². The maximum Gasteiger partial charge on any atom is 0.356 e. The number of piperidine rings is 1. The van der Waals surface area contributed by atoms with Crippen LogP contribution in [0, 0.1) is 5.82 Å². The molecule has 1 atom stereocenters. The first kappa shape index (κ1) is 25.3. The van der Waals surface area contributed by atoms with Gasteiger partial charge in [0.2, 0.25) is 11.8 Å². The normalized spacial score (nSPS) is 19.7. The Morgan fingerprint density at radius 1 is 1.25 bits per heavy atom. The number of imide groups is 1. The van der Waals surface area contributed by atoms with Crippen molar-refractivity contribution in [1.82, 2.24) is 15.5 Å². The molecule has 36 heavy (non-hydrogen) atoms. The van der Waals surface area contributed by atoms with Gasteiger partial charge in [-0.3, -0.25) is 24.5 Å². The van der Waals surface area contributed by atoms with Gasteiger partial charge in [-0.15, -0.1) is 0 Å². The number of nitrogens with one attached hydrogen (secondary N) is 2. The number of halogens is 3. The molecule has 4 amide bonds. The van der Waals surface area contributed by atoms with Crippen LogP contribution in [0.4, 0.5) is 13.2 Å². The lowest BCUT2D eigenvalue weighted by Gasteiger charge is -2.40. The molecule has 1 saturated heterocycles. The summed E-state index contributed by atoms with van der Waals surface area (Å²) in [5, 5.41) is 4.23. The zero-order valence-corrected chi connectivity index (χ0v) is 19.2. The number of carbonyl (C=O) groups is 4. The summed E-state index contributed by atoms with van der Waals surface area (Å²) in [5.41, 5.74) is -1.74. The zero-order valence-electron chi connectivity index (χ0n) is 19.2. The molecule has 2 aliphatic heterocycles. The summed E-state index contributed by atoms with van der Waals surface area (Å²) in [6.07, 6.45) is -0.0734. The first-order valence-corrected chi connectivity index (χ1v) is 11.1. The van der Waals surface area contributed by atoms with Crippen molar-refractivity contribution in [2.75, 3.05) is 6.61 Å². The highest BCUT2D eigenvalue weighted by Gasteiger charge is 2.48. The van der Waals surface area contributed by atoms with Crippen molar-refractivity contribution in [2.24, 2.45) is 0 Å². The highest BCUT2D eigenvalue weighted by atomic mass is 19.3. The van der Waals surface area contributed by atoms with E-state index in [4.69, 9.17) is 12.6 Å². The lowest BCUT2D eigenvalue weighted by molar-refractivity contribution is -0.147. The number of carbonyl (C=O) groups excluding carboxylic acids is 4. The third-order valence-corrected chi connectivity index (χ3v) is 6.16. The lowest BCUT2D eigenvalue weighted by atomic mass is 9.70. The molecule has 2 N–H and O–H groups in total. The van der Waals surface area contributed by atoms with Crippen LogP contribution in [0.1, 0.15) is 46.8 Å². The van der Waals surface area contributed by atoms with Gasteiger partial charge >= 0.3 is 5.92 Å². The van der Waals surface area contributed by atoms with Crippen LogP contribution < -0.4 is 15.4 Å². The van der Waals surface area contributed by atoms with Gasteiger partial charge in [-0.05, 0) is 42.7 Å². The molecular formula is C24H21BF3N3O5. The van der Waals surface area contributed by atoms with E-state index < -0.39 is 52.1 Å². The number of hydrogen-bond acceptors (Lipinski definition) is 5. The second kappa shape index (κ2) is 9.32. The molecule has 2 aliphatic rings. The Kier molecular flexibility index (Phi) is 6.55. The Bertz CT molecular complexity index is 1270. The van der Waals surface area contributed by atoms with Gasteiger partial charge in [0, 0.05) is 25.1 Å². The van der Waals surface area contributed by atoms with E-state index in [2.05, 4.69) is 10.6 Å². The summed E-state index contributed by atoms with van der Waals surface area (Å²) in [4.78, 5) is 50.2. The maximum absolute atomic E-state index is 14.9. The zero-order chi connectivity index (χ0) is 26.3. The van der Waals surface area contributed by atoms with Crippen LogP contribution in [0.15, 0.2) is 36.4 Å². The topological polar surface area (TPSA) is 105 Å². The minimum Gasteiger partial charge on any atom is -0.493 e. The predicted octanol–water partition coefficient (Wildman–Crippen LogP) is 1.89. The van der Waals surface area contributed by atoms with E-state index in [1.165, 1.54) is 24.3 Å². The van der Waals surface area contributed by atoms with Crippen molar-refractivity contribution in [1.29, 1.82) is 0 Å². The molecule has 0 saturated carbocycles. The molecule has 4 rings (SSSR count). The number of ether oxygens (including phenoxy) is 1. The molecule has 2 heterocycles. The average Bonchev–Trinajstić information content (AvgIpc) is 3.16. The van der Waals surface area contributed by atoms with Gasteiger partial charge in [0.15, 0.2) is 0 Å². The summed E-state index contributed by atoms with van der Waals surface area (Å²) < 4.78 is 49.0. The second-order valence-corrected chi connectivity index (χ2v) is 8.49. The van der Waals surface area contributed by atoms with E-state index in [0.29, 0.717) is 11.1 Å². The quantitative estimate of drug-likeness (QED) is 0.448. The molecule has 186 valence electrons. The predicted molar refractivity (Wildman–Crippen MR) is 120 cm³/mol. The molecule has 8 nitrogen and oxygen atoms in total. The monoisotopic (exact) mass is 499 g/mol. The molecule has 2 aromatic carbocycles. The minimum absolute atomic E-state index is 0.00106. The highest BCUT2D eigenvalue weighted by molar-refractivity contribution is 6.32. The molecular weight excluding hydrogens is 478 g/mol. The summed E-state index contributed by atoms with van der Waals surface area (Å²) in [6.45, 7) is 1.16. The Morgan fingerprint density at radius 3 is 2.69 bits per heavy atom. The van der Waals surface area contributed by atoms with E-state index in [-0.39, 0.29) is 38.1 Å². The van der Waals surface area contributed by atoms with Crippen LogP contribution >= 0.6 is 0 Å². The van der Waals surface area contributed by atoms with Crippen LogP contribution in [0.5, 0.6) is 5.75 Å². The molecule has 1 unspecified atom stereocenters. The fourth-order valence-electron chi connectivity index (χ4n) is 4.27. The first-order chi connectivity index (χ1) is 17.0. The number of nitrogens with zero attached hydrogens (tertiary/aromatic N) is 1. The van der Waals surface area contributed by atoms with Gasteiger partial charge in [-0.2, -0.15) is 8.78 Å². The number of hydrogen-bond donors (Lipinski definition) is 2. The molecule has 0 aromatic heterocycles. The average molecular weight is 499 g/mol. The number of amides is 4. The van der Waals surface area contributed by atoms with Crippen molar-refractivity contribution >= 4 is 31.5 Å². The number of alkyl halides is 2. The Hall–Kier alpha value is -3.83. The summed E-state index contributed by atoms with van der Waals surface area (Å²) in [6, 6.07) is 7.59. The third-order valence-electron chi connectivity index (χ3n) is 6.16. The minimum atomic E-state index is -4.21. The molecule has 0 spiro atoms. The molecule has 2 aromatic rings. The number of fused-ring (bicyclic) bond motifs is 1. The summed E-state index contributed by atoms with van der Waals surface area (Å²) in [5.74, 6) is -9.42. The Morgan fingerprint density at radius 2 is 2.00 bits per heavy atom. The molecule has 0 bridgehead atoms. The third kappa shape index (κ3) is 4.31.